The highest BCUT2D eigenvalue weighted by atomic mass is 16.5. The van der Waals surface area contributed by atoms with Crippen molar-refractivity contribution in [2.24, 2.45) is 0 Å². The van der Waals surface area contributed by atoms with Crippen LogP contribution >= 0.6 is 0 Å². The summed E-state index contributed by atoms with van der Waals surface area (Å²) in [7, 11) is 1.58. The highest BCUT2D eigenvalue weighted by Crippen LogP contribution is 2.20. The summed E-state index contributed by atoms with van der Waals surface area (Å²) in [6.07, 6.45) is 0. The Morgan fingerprint density at radius 2 is 1.71 bits per heavy atom. The molecule has 0 aliphatic carbocycles. The van der Waals surface area contributed by atoms with E-state index in [1.807, 2.05) is 12.1 Å². The maximum absolute atomic E-state index is 12.7. The van der Waals surface area contributed by atoms with E-state index in [0.29, 0.717) is 22.7 Å². The summed E-state index contributed by atoms with van der Waals surface area (Å²) in [6.45, 7) is 3.61. The number of benzene rings is 2. The lowest BCUT2D eigenvalue weighted by Gasteiger charge is -2.15. The van der Waals surface area contributed by atoms with Gasteiger partial charge in [0, 0.05) is 17.3 Å². The number of nitrogens with one attached hydrogen (secondary N) is 1. The lowest BCUT2D eigenvalue weighted by molar-refractivity contribution is -0.119. The zero-order valence-corrected chi connectivity index (χ0v) is 17.5. The van der Waals surface area contributed by atoms with Crippen molar-refractivity contribution >= 4 is 17.6 Å². The Hall–Kier alpha value is -3.94. The summed E-state index contributed by atoms with van der Waals surface area (Å²) >= 11 is 0. The van der Waals surface area contributed by atoms with E-state index < -0.39 is 23.5 Å². The molecule has 0 fully saturated rings. The molecule has 3 aromatic rings. The lowest BCUT2D eigenvalue weighted by Crippen LogP contribution is -2.33. The standard InChI is InChI=1S/C23H23N3O5/c1-4-31-23(29)17-5-9-18(10-6-17)24-22(28)15(2)26-21(27)14-13-20(25-26)16-7-11-19(30-3)12-8-16/h5-15H,4H2,1-3H3,(H,24,28). The van der Waals surface area contributed by atoms with Gasteiger partial charge in [-0.25, -0.2) is 9.48 Å². The Morgan fingerprint density at radius 3 is 2.32 bits per heavy atom. The molecule has 0 saturated carbocycles. The number of nitrogens with zero attached hydrogens (tertiary/aromatic N) is 2. The molecular weight excluding hydrogens is 398 g/mol. The van der Waals surface area contributed by atoms with Crippen LogP contribution in [0, 0.1) is 0 Å². The van der Waals surface area contributed by atoms with Gasteiger partial charge in [0.25, 0.3) is 5.56 Å². The molecule has 1 unspecified atom stereocenters. The van der Waals surface area contributed by atoms with Gasteiger partial charge in [-0.3, -0.25) is 9.59 Å². The highest BCUT2D eigenvalue weighted by molar-refractivity contribution is 5.94. The van der Waals surface area contributed by atoms with Gasteiger partial charge in [0.1, 0.15) is 11.8 Å². The zero-order valence-electron chi connectivity index (χ0n) is 17.5. The molecule has 8 heteroatoms. The Kier molecular flexibility index (Phi) is 6.81. The normalized spacial score (nSPS) is 11.5. The van der Waals surface area contributed by atoms with Crippen molar-refractivity contribution in [1.29, 1.82) is 0 Å². The van der Waals surface area contributed by atoms with Crippen LogP contribution < -0.4 is 15.6 Å². The van der Waals surface area contributed by atoms with Crippen molar-refractivity contribution < 1.29 is 19.1 Å². The predicted molar refractivity (Wildman–Crippen MR) is 116 cm³/mol. The topological polar surface area (TPSA) is 99.5 Å². The van der Waals surface area contributed by atoms with E-state index >= 15 is 0 Å². The predicted octanol–water partition coefficient (Wildman–Crippen LogP) is 3.30. The number of carbonyl (C=O) groups is 2. The third-order valence-electron chi connectivity index (χ3n) is 4.62. The van der Waals surface area contributed by atoms with Gasteiger partial charge in [-0.05, 0) is 68.4 Å². The number of amides is 1. The van der Waals surface area contributed by atoms with Gasteiger partial charge >= 0.3 is 5.97 Å². The van der Waals surface area contributed by atoms with Crippen molar-refractivity contribution in [3.63, 3.8) is 0 Å². The second-order valence-electron chi connectivity index (χ2n) is 6.69. The molecule has 0 bridgehead atoms. The fourth-order valence-corrected chi connectivity index (χ4v) is 2.88. The summed E-state index contributed by atoms with van der Waals surface area (Å²) in [5, 5.41) is 7.09. The minimum Gasteiger partial charge on any atom is -0.497 e. The molecule has 0 saturated heterocycles. The van der Waals surface area contributed by atoms with Crippen LogP contribution in [0.4, 0.5) is 5.69 Å². The lowest BCUT2D eigenvalue weighted by atomic mass is 10.1. The molecular formula is C23H23N3O5. The summed E-state index contributed by atoms with van der Waals surface area (Å²) < 4.78 is 11.2. The molecule has 1 heterocycles. The van der Waals surface area contributed by atoms with Crippen LogP contribution in [0.3, 0.4) is 0 Å². The van der Waals surface area contributed by atoms with E-state index in [-0.39, 0.29) is 6.61 Å². The minimum atomic E-state index is -0.851. The van der Waals surface area contributed by atoms with Crippen molar-refractivity contribution in [2.45, 2.75) is 19.9 Å². The molecule has 3 rings (SSSR count). The maximum atomic E-state index is 12.7. The van der Waals surface area contributed by atoms with E-state index in [2.05, 4.69) is 10.4 Å². The van der Waals surface area contributed by atoms with Crippen molar-refractivity contribution in [1.82, 2.24) is 9.78 Å². The molecule has 0 aliphatic heterocycles. The first kappa shape index (κ1) is 21.8. The quantitative estimate of drug-likeness (QED) is 0.588. The average Bonchev–Trinajstić information content (AvgIpc) is 2.79. The van der Waals surface area contributed by atoms with Gasteiger partial charge in [-0.2, -0.15) is 5.10 Å². The largest absolute Gasteiger partial charge is 0.497 e. The number of rotatable bonds is 7. The molecule has 1 N–H and O–H groups in total. The molecule has 1 atom stereocenters. The number of ether oxygens (including phenoxy) is 2. The average molecular weight is 421 g/mol. The number of carbonyl (C=O) groups excluding carboxylic acids is 2. The molecule has 8 nitrogen and oxygen atoms in total. The number of aromatic nitrogens is 2. The van der Waals surface area contributed by atoms with Gasteiger partial charge in [-0.15, -0.1) is 0 Å². The zero-order chi connectivity index (χ0) is 22.4. The number of hydrogen-bond acceptors (Lipinski definition) is 6. The molecule has 1 amide bonds. The van der Waals surface area contributed by atoms with Gasteiger partial charge in [0.2, 0.25) is 5.91 Å². The molecule has 0 spiro atoms. The third kappa shape index (κ3) is 5.16. The SMILES string of the molecule is CCOC(=O)c1ccc(NC(=O)C(C)n2nc(-c3ccc(OC)cc3)ccc2=O)cc1. The van der Waals surface area contributed by atoms with Gasteiger partial charge in [0.15, 0.2) is 0 Å². The summed E-state index contributed by atoms with van der Waals surface area (Å²) in [6, 6.07) is 15.7. The summed E-state index contributed by atoms with van der Waals surface area (Å²) in [4.78, 5) is 36.8. The molecule has 160 valence electrons. The molecule has 2 aromatic carbocycles. The summed E-state index contributed by atoms with van der Waals surface area (Å²) in [5.74, 6) is -0.135. The number of methoxy groups -OCH3 is 1. The first-order valence-corrected chi connectivity index (χ1v) is 9.75. The molecule has 0 radical (unpaired) electrons. The highest BCUT2D eigenvalue weighted by Gasteiger charge is 2.18. The number of hydrogen-bond donors (Lipinski definition) is 1. The van der Waals surface area contributed by atoms with Crippen molar-refractivity contribution in [2.75, 3.05) is 19.0 Å². The van der Waals surface area contributed by atoms with Crippen molar-refractivity contribution in [3.8, 4) is 17.0 Å². The monoisotopic (exact) mass is 421 g/mol. The van der Waals surface area contributed by atoms with Crippen LogP contribution in [-0.2, 0) is 9.53 Å². The first-order chi connectivity index (χ1) is 14.9. The molecule has 0 aliphatic rings. The van der Waals surface area contributed by atoms with E-state index in [0.717, 1.165) is 10.2 Å². The van der Waals surface area contributed by atoms with E-state index in [9.17, 15) is 14.4 Å². The van der Waals surface area contributed by atoms with Crippen LogP contribution in [0.5, 0.6) is 5.75 Å². The minimum absolute atomic E-state index is 0.284. The van der Waals surface area contributed by atoms with E-state index in [1.165, 1.54) is 6.07 Å². The number of esters is 1. The fourth-order valence-electron chi connectivity index (χ4n) is 2.88. The van der Waals surface area contributed by atoms with Crippen LogP contribution in [0.25, 0.3) is 11.3 Å². The van der Waals surface area contributed by atoms with Crippen LogP contribution in [0.1, 0.15) is 30.2 Å². The fraction of sp³-hybridized carbons (Fsp3) is 0.217. The second kappa shape index (κ2) is 9.71. The summed E-state index contributed by atoms with van der Waals surface area (Å²) in [5.41, 5.74) is 1.83. The van der Waals surface area contributed by atoms with E-state index in [4.69, 9.17) is 9.47 Å². The van der Waals surface area contributed by atoms with Crippen molar-refractivity contribution in [3.05, 3.63) is 76.6 Å². The Morgan fingerprint density at radius 1 is 1.03 bits per heavy atom. The molecule has 1 aromatic heterocycles. The Bertz CT molecular complexity index is 1120. The maximum Gasteiger partial charge on any atom is 0.338 e. The van der Waals surface area contributed by atoms with Crippen LogP contribution in [0.15, 0.2) is 65.5 Å². The van der Waals surface area contributed by atoms with Gasteiger partial charge in [-0.1, -0.05) is 0 Å². The Labute approximate surface area is 179 Å². The van der Waals surface area contributed by atoms with Gasteiger partial charge in [0.05, 0.1) is 25.0 Å². The van der Waals surface area contributed by atoms with Gasteiger partial charge < -0.3 is 14.8 Å². The smallest absolute Gasteiger partial charge is 0.338 e. The Balaban J connectivity index is 1.77. The second-order valence-corrected chi connectivity index (χ2v) is 6.69. The van der Waals surface area contributed by atoms with Crippen LogP contribution in [-0.4, -0.2) is 35.4 Å². The van der Waals surface area contributed by atoms with Crippen LogP contribution in [0.2, 0.25) is 0 Å². The molecule has 31 heavy (non-hydrogen) atoms. The third-order valence-corrected chi connectivity index (χ3v) is 4.62. The van der Waals surface area contributed by atoms with E-state index in [1.54, 1.807) is 63.4 Å². The number of anilines is 1. The first-order valence-electron chi connectivity index (χ1n) is 9.75.